The van der Waals surface area contributed by atoms with E-state index in [0.717, 1.165) is 65.4 Å². The average molecular weight is 873 g/mol. The fourth-order valence-electron chi connectivity index (χ4n) is 8.11. The predicted octanol–water partition coefficient (Wildman–Crippen LogP) is 7.41. The molecule has 0 spiro atoms. The van der Waals surface area contributed by atoms with Gasteiger partial charge in [0.15, 0.2) is 0 Å². The Bertz CT molecular complexity index is 2180. The lowest BCUT2D eigenvalue weighted by Crippen LogP contribution is -2.51. The Balaban J connectivity index is 1.16. The van der Waals surface area contributed by atoms with E-state index >= 15 is 0 Å². The lowest BCUT2D eigenvalue weighted by molar-refractivity contribution is -0.136. The van der Waals surface area contributed by atoms with Crippen molar-refractivity contribution in [2.24, 2.45) is 11.8 Å². The SMILES string of the molecule is COC(=O)N[C@H](C(=O)N1CCC[C@H]1c1nc(-c2ccc(OCc3ccc4nc([C@@H]5CCCN5C(=O)[C@@H](NC(=O)OC)C(C)C)n(COCC[Si](C)(C)C)c4c3)cc2)c[nH]1)C(C)C. The van der Waals surface area contributed by atoms with Crippen LogP contribution in [0.1, 0.15) is 82.7 Å². The largest absolute Gasteiger partial charge is 0.489 e. The summed E-state index contributed by atoms with van der Waals surface area (Å²) in [4.78, 5) is 68.7. The van der Waals surface area contributed by atoms with Crippen molar-refractivity contribution in [2.75, 3.05) is 33.9 Å². The first-order valence-corrected chi connectivity index (χ1v) is 25.4. The topological polar surface area (TPSA) is 182 Å². The van der Waals surface area contributed by atoms with Crippen LogP contribution in [0, 0.1) is 11.8 Å². The summed E-state index contributed by atoms with van der Waals surface area (Å²) in [6, 6.07) is 12.9. The smallest absolute Gasteiger partial charge is 0.407 e. The summed E-state index contributed by atoms with van der Waals surface area (Å²) < 4.78 is 24.3. The monoisotopic (exact) mass is 872 g/mol. The van der Waals surface area contributed by atoms with Crippen molar-refractivity contribution in [3.05, 3.63) is 65.9 Å². The molecule has 336 valence electrons. The second kappa shape index (κ2) is 20.2. The predicted molar refractivity (Wildman–Crippen MR) is 238 cm³/mol. The first-order chi connectivity index (χ1) is 29.6. The minimum Gasteiger partial charge on any atom is -0.489 e. The van der Waals surface area contributed by atoms with Crippen molar-refractivity contribution >= 4 is 43.1 Å². The number of likely N-dealkylation sites (tertiary alicyclic amines) is 2. The maximum absolute atomic E-state index is 14.0. The third-order valence-electron chi connectivity index (χ3n) is 11.7. The van der Waals surface area contributed by atoms with E-state index in [0.29, 0.717) is 44.6 Å². The van der Waals surface area contributed by atoms with Crippen molar-refractivity contribution in [2.45, 2.75) is 117 Å². The molecule has 2 aliphatic heterocycles. The molecule has 6 rings (SSSR count). The number of carbonyl (C=O) groups excluding carboxylic acids is 4. The van der Waals surface area contributed by atoms with E-state index in [4.69, 9.17) is 28.9 Å². The molecule has 0 aliphatic carbocycles. The number of hydrogen-bond acceptors (Lipinski definition) is 10. The Morgan fingerprint density at radius 3 is 2.00 bits per heavy atom. The van der Waals surface area contributed by atoms with Crippen LogP contribution in [-0.4, -0.2) is 107 Å². The van der Waals surface area contributed by atoms with Crippen molar-refractivity contribution in [3.63, 3.8) is 0 Å². The molecule has 0 saturated carbocycles. The molecule has 0 radical (unpaired) electrons. The minimum atomic E-state index is -1.33. The fraction of sp³-hybridized carbons (Fsp3) is 0.556. The summed E-state index contributed by atoms with van der Waals surface area (Å²) in [6.45, 7) is 17.0. The summed E-state index contributed by atoms with van der Waals surface area (Å²) >= 11 is 0. The lowest BCUT2D eigenvalue weighted by atomic mass is 10.0. The summed E-state index contributed by atoms with van der Waals surface area (Å²) in [5.41, 5.74) is 4.30. The van der Waals surface area contributed by atoms with Gasteiger partial charge in [-0.2, -0.15) is 0 Å². The zero-order valence-corrected chi connectivity index (χ0v) is 38.7. The third kappa shape index (κ3) is 11.0. The molecular formula is C45H64N8O8Si. The van der Waals surface area contributed by atoms with E-state index in [2.05, 4.69) is 45.9 Å². The number of fused-ring (bicyclic) bond motifs is 1. The van der Waals surface area contributed by atoms with Crippen LogP contribution in [0.15, 0.2) is 48.7 Å². The number of methoxy groups -OCH3 is 2. The zero-order valence-electron chi connectivity index (χ0n) is 37.7. The van der Waals surface area contributed by atoms with Crippen LogP contribution in [-0.2, 0) is 37.1 Å². The second-order valence-electron chi connectivity index (χ2n) is 18.1. The van der Waals surface area contributed by atoms with E-state index in [1.54, 1.807) is 4.90 Å². The third-order valence-corrected chi connectivity index (χ3v) is 13.4. The molecule has 4 amide bonds. The molecule has 0 bridgehead atoms. The van der Waals surface area contributed by atoms with Crippen molar-refractivity contribution in [1.29, 1.82) is 0 Å². The number of imidazole rings is 2. The number of aromatic nitrogens is 4. The number of H-pyrrole nitrogens is 1. The number of nitrogens with zero attached hydrogens (tertiary/aromatic N) is 5. The van der Waals surface area contributed by atoms with Gasteiger partial charge in [0.05, 0.1) is 43.0 Å². The number of ether oxygens (including phenoxy) is 4. The molecule has 2 aromatic heterocycles. The molecule has 4 heterocycles. The number of benzene rings is 2. The molecule has 0 unspecified atom stereocenters. The van der Waals surface area contributed by atoms with Crippen LogP contribution in [0.2, 0.25) is 25.7 Å². The fourth-order valence-corrected chi connectivity index (χ4v) is 8.87. The molecule has 16 nitrogen and oxygen atoms in total. The van der Waals surface area contributed by atoms with E-state index < -0.39 is 32.3 Å². The average Bonchev–Trinajstić information content (AvgIpc) is 4.08. The highest BCUT2D eigenvalue weighted by atomic mass is 28.3. The number of aromatic amines is 1. The van der Waals surface area contributed by atoms with E-state index in [-0.39, 0.29) is 35.7 Å². The maximum Gasteiger partial charge on any atom is 0.407 e. The number of hydrogen-bond donors (Lipinski definition) is 3. The summed E-state index contributed by atoms with van der Waals surface area (Å²) in [7, 11) is 1.25. The van der Waals surface area contributed by atoms with Gasteiger partial charge >= 0.3 is 12.2 Å². The highest BCUT2D eigenvalue weighted by Crippen LogP contribution is 2.36. The quantitative estimate of drug-likeness (QED) is 0.0714. The Kier molecular flexibility index (Phi) is 15.0. The van der Waals surface area contributed by atoms with E-state index in [1.165, 1.54) is 14.2 Å². The first kappa shape index (κ1) is 46.1. The van der Waals surface area contributed by atoms with Gasteiger partial charge in [0.2, 0.25) is 11.8 Å². The Morgan fingerprint density at radius 1 is 0.823 bits per heavy atom. The summed E-state index contributed by atoms with van der Waals surface area (Å²) in [5, 5.41) is 5.44. The Labute approximate surface area is 365 Å². The summed E-state index contributed by atoms with van der Waals surface area (Å²) in [5.74, 6) is 1.59. The number of rotatable bonds is 17. The van der Waals surface area contributed by atoms with Gasteiger partial charge in [-0.25, -0.2) is 19.6 Å². The van der Waals surface area contributed by atoms with Crippen molar-refractivity contribution in [3.8, 4) is 17.0 Å². The number of alkyl carbamates (subject to hydrolysis) is 2. The van der Waals surface area contributed by atoms with E-state index in [1.807, 2.05) is 75.2 Å². The zero-order chi connectivity index (χ0) is 44.7. The van der Waals surface area contributed by atoms with E-state index in [9.17, 15) is 19.2 Å². The Morgan fingerprint density at radius 2 is 1.42 bits per heavy atom. The van der Waals surface area contributed by atoms with Gasteiger partial charge in [-0.1, -0.05) is 53.4 Å². The molecule has 17 heteroatoms. The molecule has 3 N–H and O–H groups in total. The molecule has 4 atom stereocenters. The van der Waals surface area contributed by atoms with Crippen LogP contribution in [0.25, 0.3) is 22.3 Å². The normalized spacial score (nSPS) is 17.7. The molecule has 2 aromatic carbocycles. The van der Waals surface area contributed by atoms with Gasteiger partial charge in [0.25, 0.3) is 0 Å². The second-order valence-corrected chi connectivity index (χ2v) is 23.8. The van der Waals surface area contributed by atoms with Crippen LogP contribution in [0.5, 0.6) is 5.75 Å². The van der Waals surface area contributed by atoms with Crippen LogP contribution >= 0.6 is 0 Å². The lowest BCUT2D eigenvalue weighted by Gasteiger charge is -2.30. The molecule has 2 fully saturated rings. The van der Waals surface area contributed by atoms with Crippen molar-refractivity contribution in [1.82, 2.24) is 40.0 Å². The number of nitrogens with one attached hydrogen (secondary N) is 3. The molecule has 62 heavy (non-hydrogen) atoms. The summed E-state index contributed by atoms with van der Waals surface area (Å²) in [6.07, 6.45) is 3.74. The number of amides is 4. The van der Waals surface area contributed by atoms with Crippen molar-refractivity contribution < 1.29 is 38.1 Å². The molecular weight excluding hydrogens is 809 g/mol. The minimum absolute atomic E-state index is 0.117. The molecule has 2 saturated heterocycles. The van der Waals surface area contributed by atoms with Gasteiger partial charge in [-0.05, 0) is 85.5 Å². The van der Waals surface area contributed by atoms with Gasteiger partial charge in [-0.15, -0.1) is 0 Å². The van der Waals surface area contributed by atoms with Gasteiger partial charge in [-0.3, -0.25) is 9.59 Å². The first-order valence-electron chi connectivity index (χ1n) is 21.7. The number of carbonyl (C=O) groups is 4. The maximum atomic E-state index is 14.0. The Hall–Kier alpha value is -5.42. The molecule has 4 aromatic rings. The molecule has 2 aliphatic rings. The highest BCUT2D eigenvalue weighted by Gasteiger charge is 2.40. The van der Waals surface area contributed by atoms with Gasteiger partial charge in [0, 0.05) is 39.5 Å². The highest BCUT2D eigenvalue weighted by molar-refractivity contribution is 6.76. The van der Waals surface area contributed by atoms with Crippen LogP contribution in [0.4, 0.5) is 9.59 Å². The standard InChI is InChI=1S/C45H64N8O8Si/c1-28(2)38(49-44(56)58-5)42(54)51-20-10-12-35(51)40-46-25-34(47-40)31-15-17-32(18-16-31)61-26-30-14-19-33-37(24-30)53(27-60-22-23-62(7,8)9)41(48-33)36-13-11-21-52(36)43(55)39(29(3)4)50-45(57)59-6/h14-19,24-25,28-29,35-36,38-39H,10-13,20-23,26-27H2,1-9H3,(H,46,47)(H,49,56)(H,50,57)/t35-,36-,38-,39-/m0/s1. The van der Waals surface area contributed by atoms with Gasteiger partial charge < -0.3 is 48.9 Å². The van der Waals surface area contributed by atoms with Crippen LogP contribution in [0.3, 0.4) is 0 Å². The van der Waals surface area contributed by atoms with Gasteiger partial charge in [0.1, 0.15) is 42.8 Å². The van der Waals surface area contributed by atoms with Crippen LogP contribution < -0.4 is 15.4 Å².